The number of phenols is 1. The van der Waals surface area contributed by atoms with Crippen LogP contribution in [-0.4, -0.2) is 17.1 Å². The number of amides is 1. The summed E-state index contributed by atoms with van der Waals surface area (Å²) in [6.45, 7) is 3.79. The van der Waals surface area contributed by atoms with Gasteiger partial charge in [0.25, 0.3) is 5.91 Å². The Morgan fingerprint density at radius 3 is 2.67 bits per heavy atom. The zero-order valence-corrected chi connectivity index (χ0v) is 11.8. The molecule has 0 radical (unpaired) electrons. The van der Waals surface area contributed by atoms with Crippen molar-refractivity contribution in [3.63, 3.8) is 0 Å². The van der Waals surface area contributed by atoms with Crippen molar-refractivity contribution in [3.8, 4) is 11.5 Å². The molecule has 1 amide bonds. The zero-order chi connectivity index (χ0) is 15.4. The molecule has 0 aliphatic heterocycles. The molecule has 0 aliphatic carbocycles. The van der Waals surface area contributed by atoms with Crippen LogP contribution in [0.3, 0.4) is 0 Å². The van der Waals surface area contributed by atoms with Crippen LogP contribution in [0.1, 0.15) is 24.2 Å². The van der Waals surface area contributed by atoms with Crippen molar-refractivity contribution in [3.05, 3.63) is 53.8 Å². The van der Waals surface area contributed by atoms with Gasteiger partial charge in [-0.1, -0.05) is 6.07 Å². The molecule has 0 heterocycles. The molecule has 2 N–H and O–H groups in total. The highest BCUT2D eigenvalue weighted by atomic mass is 19.1. The molecule has 4 nitrogen and oxygen atoms in total. The van der Waals surface area contributed by atoms with Gasteiger partial charge in [-0.25, -0.2) is 4.39 Å². The van der Waals surface area contributed by atoms with E-state index in [4.69, 9.17) is 9.84 Å². The van der Waals surface area contributed by atoms with Crippen LogP contribution in [0.4, 0.5) is 10.1 Å². The van der Waals surface area contributed by atoms with E-state index in [0.29, 0.717) is 11.3 Å². The second kappa shape index (κ2) is 6.26. The number of benzene rings is 2. The Morgan fingerprint density at radius 1 is 1.24 bits per heavy atom. The van der Waals surface area contributed by atoms with Crippen molar-refractivity contribution in [2.24, 2.45) is 0 Å². The summed E-state index contributed by atoms with van der Waals surface area (Å²) in [5.74, 6) is -1.03. The minimum atomic E-state index is -0.787. The fourth-order valence-corrected chi connectivity index (χ4v) is 1.77. The number of phenolic OH excluding ortho intramolecular Hbond substituents is 1. The summed E-state index contributed by atoms with van der Waals surface area (Å²) in [7, 11) is 0. The normalized spacial score (nSPS) is 10.5. The van der Waals surface area contributed by atoms with Gasteiger partial charge in [-0.15, -0.1) is 0 Å². The molecule has 0 aromatic heterocycles. The van der Waals surface area contributed by atoms with E-state index in [9.17, 15) is 9.18 Å². The lowest BCUT2D eigenvalue weighted by molar-refractivity contribution is 0.102. The Kier molecular flexibility index (Phi) is 4.42. The number of hydrogen-bond acceptors (Lipinski definition) is 3. The van der Waals surface area contributed by atoms with Gasteiger partial charge in [-0.2, -0.15) is 0 Å². The molecule has 0 saturated carbocycles. The molecule has 0 spiro atoms. The Hall–Kier alpha value is -2.56. The molecule has 0 unspecified atom stereocenters. The van der Waals surface area contributed by atoms with E-state index in [0.717, 1.165) is 6.07 Å². The smallest absolute Gasteiger partial charge is 0.255 e. The third-order valence-electron chi connectivity index (χ3n) is 2.67. The van der Waals surface area contributed by atoms with Crippen LogP contribution < -0.4 is 10.1 Å². The van der Waals surface area contributed by atoms with Crippen molar-refractivity contribution in [1.29, 1.82) is 0 Å². The molecular weight excluding hydrogens is 273 g/mol. The summed E-state index contributed by atoms with van der Waals surface area (Å²) in [6.07, 6.45) is 0.00880. The van der Waals surface area contributed by atoms with E-state index in [-0.39, 0.29) is 17.7 Å². The van der Waals surface area contributed by atoms with Crippen molar-refractivity contribution in [2.45, 2.75) is 20.0 Å². The number of carbonyl (C=O) groups is 1. The summed E-state index contributed by atoms with van der Waals surface area (Å²) in [5.41, 5.74) is 0.673. The molecule has 21 heavy (non-hydrogen) atoms. The predicted octanol–water partition coefficient (Wildman–Crippen LogP) is 3.57. The number of nitrogens with one attached hydrogen (secondary N) is 1. The molecule has 0 atom stereocenters. The molecule has 2 rings (SSSR count). The summed E-state index contributed by atoms with van der Waals surface area (Å²) < 4.78 is 18.7. The lowest BCUT2D eigenvalue weighted by atomic mass is 10.2. The van der Waals surface area contributed by atoms with Gasteiger partial charge in [-0.05, 0) is 44.2 Å². The maximum Gasteiger partial charge on any atom is 0.255 e. The number of aromatic hydroxyl groups is 1. The highest BCUT2D eigenvalue weighted by Crippen LogP contribution is 2.21. The van der Waals surface area contributed by atoms with Crippen LogP contribution >= 0.6 is 0 Å². The number of carbonyl (C=O) groups excluding carboxylic acids is 1. The maximum atomic E-state index is 13.2. The molecule has 2 aromatic carbocycles. The zero-order valence-electron chi connectivity index (χ0n) is 11.8. The van der Waals surface area contributed by atoms with Crippen LogP contribution in [0.5, 0.6) is 11.5 Å². The Morgan fingerprint density at radius 2 is 2.00 bits per heavy atom. The van der Waals surface area contributed by atoms with Crippen LogP contribution in [0, 0.1) is 5.82 Å². The standard InChI is InChI=1S/C16H16FNO3/c1-10(2)21-13-5-3-4-11(8-13)16(20)18-12-6-7-15(19)14(17)9-12/h3-10,19H,1-2H3,(H,18,20). The third kappa shape index (κ3) is 3.95. The fourth-order valence-electron chi connectivity index (χ4n) is 1.77. The number of hydrogen-bond donors (Lipinski definition) is 2. The maximum absolute atomic E-state index is 13.2. The van der Waals surface area contributed by atoms with Crippen molar-refractivity contribution in [2.75, 3.05) is 5.32 Å². The highest BCUT2D eigenvalue weighted by Gasteiger charge is 2.09. The van der Waals surface area contributed by atoms with Gasteiger partial charge in [0.15, 0.2) is 11.6 Å². The van der Waals surface area contributed by atoms with Crippen LogP contribution in [0.15, 0.2) is 42.5 Å². The first-order valence-corrected chi connectivity index (χ1v) is 6.52. The van der Waals surface area contributed by atoms with Gasteiger partial charge in [0.1, 0.15) is 5.75 Å². The van der Waals surface area contributed by atoms with E-state index in [1.165, 1.54) is 12.1 Å². The Labute approximate surface area is 122 Å². The number of ether oxygens (including phenoxy) is 1. The first-order valence-electron chi connectivity index (χ1n) is 6.52. The van der Waals surface area contributed by atoms with Gasteiger partial charge in [0, 0.05) is 17.3 Å². The average molecular weight is 289 g/mol. The topological polar surface area (TPSA) is 58.6 Å². The monoisotopic (exact) mass is 289 g/mol. The average Bonchev–Trinajstić information content (AvgIpc) is 2.42. The molecule has 0 fully saturated rings. The first kappa shape index (κ1) is 14.8. The van der Waals surface area contributed by atoms with Crippen LogP contribution in [0.2, 0.25) is 0 Å². The van der Waals surface area contributed by atoms with Gasteiger partial charge < -0.3 is 15.2 Å². The van der Waals surface area contributed by atoms with E-state index in [2.05, 4.69) is 5.32 Å². The molecule has 0 bridgehead atoms. The Bertz CT molecular complexity index is 656. The minimum Gasteiger partial charge on any atom is -0.505 e. The summed E-state index contributed by atoms with van der Waals surface area (Å²) >= 11 is 0. The number of halogens is 1. The number of rotatable bonds is 4. The van der Waals surface area contributed by atoms with Gasteiger partial charge in [-0.3, -0.25) is 4.79 Å². The largest absolute Gasteiger partial charge is 0.505 e. The van der Waals surface area contributed by atoms with E-state index in [1.807, 2.05) is 13.8 Å². The lowest BCUT2D eigenvalue weighted by Crippen LogP contribution is -2.13. The second-order valence-corrected chi connectivity index (χ2v) is 4.81. The quantitative estimate of drug-likeness (QED) is 0.846. The van der Waals surface area contributed by atoms with Crippen molar-refractivity contribution < 1.29 is 19.0 Å². The molecule has 2 aromatic rings. The lowest BCUT2D eigenvalue weighted by Gasteiger charge is -2.11. The van der Waals surface area contributed by atoms with E-state index in [1.54, 1.807) is 24.3 Å². The minimum absolute atomic E-state index is 0.00880. The molecule has 0 saturated heterocycles. The van der Waals surface area contributed by atoms with Crippen molar-refractivity contribution in [1.82, 2.24) is 0 Å². The van der Waals surface area contributed by atoms with Gasteiger partial charge in [0.05, 0.1) is 6.10 Å². The van der Waals surface area contributed by atoms with E-state index < -0.39 is 11.6 Å². The molecular formula is C16H16FNO3. The Balaban J connectivity index is 2.14. The predicted molar refractivity (Wildman–Crippen MR) is 78.2 cm³/mol. The number of anilines is 1. The summed E-state index contributed by atoms with van der Waals surface area (Å²) in [6, 6.07) is 10.4. The van der Waals surface area contributed by atoms with Crippen LogP contribution in [-0.2, 0) is 0 Å². The highest BCUT2D eigenvalue weighted by molar-refractivity contribution is 6.04. The van der Waals surface area contributed by atoms with Crippen molar-refractivity contribution >= 4 is 11.6 Å². The van der Waals surface area contributed by atoms with Gasteiger partial charge >= 0.3 is 0 Å². The molecule has 0 aliphatic rings. The first-order chi connectivity index (χ1) is 9.95. The molecule has 5 heteroatoms. The molecule has 110 valence electrons. The van der Waals surface area contributed by atoms with Crippen LogP contribution in [0.25, 0.3) is 0 Å². The SMILES string of the molecule is CC(C)Oc1cccc(C(=O)Nc2ccc(O)c(F)c2)c1. The second-order valence-electron chi connectivity index (χ2n) is 4.81. The van der Waals surface area contributed by atoms with Gasteiger partial charge in [0.2, 0.25) is 0 Å². The summed E-state index contributed by atoms with van der Waals surface area (Å²) in [5, 5.41) is 11.7. The van der Waals surface area contributed by atoms with E-state index >= 15 is 0 Å². The summed E-state index contributed by atoms with van der Waals surface area (Å²) in [4.78, 5) is 12.1. The third-order valence-corrected chi connectivity index (χ3v) is 2.67. The fraction of sp³-hybridized carbons (Fsp3) is 0.188.